The highest BCUT2D eigenvalue weighted by Gasteiger charge is 2.30. The van der Waals surface area contributed by atoms with Gasteiger partial charge in [0.25, 0.3) is 0 Å². The Kier molecular flexibility index (Phi) is 2.61. The number of hydrogen-bond acceptors (Lipinski definition) is 5. The number of ether oxygens (including phenoxy) is 1. The van der Waals surface area contributed by atoms with Gasteiger partial charge in [0, 0.05) is 6.42 Å². The molecule has 0 amide bonds. The van der Waals surface area contributed by atoms with Gasteiger partial charge in [-0.25, -0.2) is 4.79 Å². The fraction of sp³-hybridized carbons (Fsp3) is 0.667. The molecule has 2 N–H and O–H groups in total. The summed E-state index contributed by atoms with van der Waals surface area (Å²) >= 11 is 0. The predicted octanol–water partition coefficient (Wildman–Crippen LogP) is -0.576. The van der Waals surface area contributed by atoms with Crippen LogP contribution < -0.4 is 5.84 Å². The number of nitrogens with two attached hydrogens (primary N) is 1. The minimum absolute atomic E-state index is 0.260. The molecule has 0 aromatic rings. The summed E-state index contributed by atoms with van der Waals surface area (Å²) in [5, 5.41) is 4.86. The SMILES string of the molecule is C[N-]N(C)C1CC(=NN)C(=O)O1. The number of esters is 1. The van der Waals surface area contributed by atoms with Gasteiger partial charge in [0.2, 0.25) is 0 Å². The van der Waals surface area contributed by atoms with E-state index >= 15 is 0 Å². The molecule has 68 valence electrons. The van der Waals surface area contributed by atoms with E-state index in [1.165, 1.54) is 0 Å². The zero-order chi connectivity index (χ0) is 9.14. The Morgan fingerprint density at radius 3 is 2.92 bits per heavy atom. The topological polar surface area (TPSA) is 82.0 Å². The van der Waals surface area contributed by atoms with Crippen LogP contribution in [0.2, 0.25) is 0 Å². The maximum Gasteiger partial charge on any atom is 0.356 e. The first-order valence-electron chi connectivity index (χ1n) is 3.49. The maximum absolute atomic E-state index is 10.9. The van der Waals surface area contributed by atoms with E-state index in [0.29, 0.717) is 6.42 Å². The second-order valence-corrected chi connectivity index (χ2v) is 2.41. The van der Waals surface area contributed by atoms with Crippen LogP contribution >= 0.6 is 0 Å². The van der Waals surface area contributed by atoms with Crippen LogP contribution in [0.15, 0.2) is 5.10 Å². The molecular formula is C6H11N4O2-. The van der Waals surface area contributed by atoms with Gasteiger partial charge >= 0.3 is 5.97 Å². The van der Waals surface area contributed by atoms with E-state index in [1.54, 1.807) is 19.1 Å². The van der Waals surface area contributed by atoms with E-state index in [1.807, 2.05) is 0 Å². The summed E-state index contributed by atoms with van der Waals surface area (Å²) in [7, 11) is 3.34. The van der Waals surface area contributed by atoms with Gasteiger partial charge in [0.1, 0.15) is 11.9 Å². The molecule has 1 saturated heterocycles. The van der Waals surface area contributed by atoms with E-state index in [9.17, 15) is 4.79 Å². The third kappa shape index (κ3) is 1.54. The lowest BCUT2D eigenvalue weighted by molar-refractivity contribution is -0.142. The molecule has 0 radical (unpaired) electrons. The van der Waals surface area contributed by atoms with Crippen LogP contribution in [-0.4, -0.2) is 37.0 Å². The lowest BCUT2D eigenvalue weighted by Crippen LogP contribution is -2.26. The molecule has 1 aliphatic rings. The fourth-order valence-electron chi connectivity index (χ4n) is 0.925. The van der Waals surface area contributed by atoms with Crippen molar-refractivity contribution in [1.82, 2.24) is 5.01 Å². The Morgan fingerprint density at radius 2 is 2.50 bits per heavy atom. The molecule has 1 aliphatic heterocycles. The summed E-state index contributed by atoms with van der Waals surface area (Å²) in [6, 6.07) is 0. The lowest BCUT2D eigenvalue weighted by atomic mass is 10.3. The van der Waals surface area contributed by atoms with Crippen LogP contribution in [0.4, 0.5) is 0 Å². The maximum atomic E-state index is 10.9. The molecule has 1 rings (SSSR count). The highest BCUT2D eigenvalue weighted by Crippen LogP contribution is 2.15. The average Bonchev–Trinajstić information content (AvgIpc) is 2.45. The van der Waals surface area contributed by atoms with Crippen molar-refractivity contribution in [3.63, 3.8) is 0 Å². The molecule has 1 fully saturated rings. The molecule has 0 aromatic heterocycles. The number of cyclic esters (lactones) is 1. The zero-order valence-electron chi connectivity index (χ0n) is 7.02. The minimum atomic E-state index is -0.460. The highest BCUT2D eigenvalue weighted by molar-refractivity contribution is 6.38. The second kappa shape index (κ2) is 3.51. The molecular weight excluding hydrogens is 160 g/mol. The first-order valence-corrected chi connectivity index (χ1v) is 3.49. The van der Waals surface area contributed by atoms with E-state index < -0.39 is 5.97 Å². The Balaban J connectivity index is 2.60. The minimum Gasteiger partial charge on any atom is -0.594 e. The van der Waals surface area contributed by atoms with Crippen molar-refractivity contribution in [1.29, 1.82) is 0 Å². The normalized spacial score (nSPS) is 26.8. The number of carbonyl (C=O) groups is 1. The molecule has 1 atom stereocenters. The Bertz CT molecular complexity index is 216. The van der Waals surface area contributed by atoms with Crippen molar-refractivity contribution in [3.8, 4) is 0 Å². The van der Waals surface area contributed by atoms with Gasteiger partial charge in [-0.3, -0.25) is 0 Å². The summed E-state index contributed by atoms with van der Waals surface area (Å²) in [6.07, 6.45) is 0.0354. The largest absolute Gasteiger partial charge is 0.594 e. The van der Waals surface area contributed by atoms with Crippen molar-refractivity contribution >= 4 is 11.7 Å². The molecule has 0 bridgehead atoms. The van der Waals surface area contributed by atoms with Crippen LogP contribution in [0.5, 0.6) is 0 Å². The van der Waals surface area contributed by atoms with Gasteiger partial charge in [0.15, 0.2) is 0 Å². The van der Waals surface area contributed by atoms with Gasteiger partial charge in [-0.05, 0) is 7.05 Å². The Labute approximate surface area is 70.3 Å². The average molecular weight is 171 g/mol. The summed E-state index contributed by atoms with van der Waals surface area (Å²) in [5.41, 5.74) is 4.09. The van der Waals surface area contributed by atoms with Crippen LogP contribution in [-0.2, 0) is 9.53 Å². The van der Waals surface area contributed by atoms with Crippen LogP contribution in [0.3, 0.4) is 0 Å². The molecule has 6 heteroatoms. The molecule has 1 heterocycles. The number of rotatable bonds is 2. The lowest BCUT2D eigenvalue weighted by Gasteiger charge is -2.33. The van der Waals surface area contributed by atoms with Crippen molar-refractivity contribution in [2.45, 2.75) is 12.6 Å². The van der Waals surface area contributed by atoms with Crippen molar-refractivity contribution in [2.24, 2.45) is 10.9 Å². The smallest absolute Gasteiger partial charge is 0.356 e. The van der Waals surface area contributed by atoms with E-state index in [4.69, 9.17) is 10.6 Å². The van der Waals surface area contributed by atoms with Crippen LogP contribution in [0.25, 0.3) is 5.43 Å². The van der Waals surface area contributed by atoms with E-state index in [-0.39, 0.29) is 11.9 Å². The zero-order valence-corrected chi connectivity index (χ0v) is 7.02. The summed E-state index contributed by atoms with van der Waals surface area (Å²) in [5.74, 6) is 4.51. The molecule has 6 nitrogen and oxygen atoms in total. The fourth-order valence-corrected chi connectivity index (χ4v) is 0.925. The standard InChI is InChI=1S/C6H11N4O2/c1-8-10(2)5-3-4(9-7)6(11)12-5/h5H,3,7H2,1-2H3/q-1. The first-order chi connectivity index (χ1) is 5.69. The molecule has 1 unspecified atom stereocenters. The molecule has 12 heavy (non-hydrogen) atoms. The second-order valence-electron chi connectivity index (χ2n) is 2.41. The van der Waals surface area contributed by atoms with Gasteiger partial charge in [-0.2, -0.15) is 12.1 Å². The van der Waals surface area contributed by atoms with E-state index in [0.717, 1.165) is 0 Å². The van der Waals surface area contributed by atoms with Gasteiger partial charge in [0.05, 0.1) is 0 Å². The third-order valence-corrected chi connectivity index (χ3v) is 1.73. The Hall–Kier alpha value is -1.14. The quantitative estimate of drug-likeness (QED) is 0.342. The summed E-state index contributed by atoms with van der Waals surface area (Å²) in [6.45, 7) is 0. The van der Waals surface area contributed by atoms with Gasteiger partial charge in [-0.15, -0.1) is 0 Å². The van der Waals surface area contributed by atoms with Crippen LogP contribution in [0, 0.1) is 0 Å². The van der Waals surface area contributed by atoms with Crippen molar-refractivity contribution < 1.29 is 9.53 Å². The number of hydrogen-bond donors (Lipinski definition) is 1. The Morgan fingerprint density at radius 1 is 1.83 bits per heavy atom. The monoisotopic (exact) mass is 171 g/mol. The molecule has 0 spiro atoms. The summed E-state index contributed by atoms with van der Waals surface area (Å²) in [4.78, 5) is 10.9. The van der Waals surface area contributed by atoms with Crippen LogP contribution in [0.1, 0.15) is 6.42 Å². The summed E-state index contributed by atoms with van der Waals surface area (Å²) < 4.78 is 4.90. The predicted molar refractivity (Wildman–Crippen MR) is 43.2 cm³/mol. The number of nitrogens with zero attached hydrogens (tertiary/aromatic N) is 3. The van der Waals surface area contributed by atoms with Crippen molar-refractivity contribution in [3.05, 3.63) is 5.43 Å². The molecule has 0 aromatic carbocycles. The highest BCUT2D eigenvalue weighted by atomic mass is 16.6. The van der Waals surface area contributed by atoms with Crippen molar-refractivity contribution in [2.75, 3.05) is 14.1 Å². The number of carbonyl (C=O) groups excluding carboxylic acids is 1. The molecule has 0 aliphatic carbocycles. The molecule has 0 saturated carbocycles. The van der Waals surface area contributed by atoms with Gasteiger partial charge in [-0.1, -0.05) is 0 Å². The number of hydrazone groups is 1. The van der Waals surface area contributed by atoms with Gasteiger partial charge < -0.3 is 21.0 Å². The van der Waals surface area contributed by atoms with E-state index in [2.05, 4.69) is 10.5 Å². The first kappa shape index (κ1) is 8.95. The third-order valence-electron chi connectivity index (χ3n) is 1.73.